The van der Waals surface area contributed by atoms with Gasteiger partial charge in [-0.15, -0.1) is 0 Å². The second-order valence-corrected chi connectivity index (χ2v) is 5.23. The van der Waals surface area contributed by atoms with Gasteiger partial charge in [-0.25, -0.2) is 10.8 Å². The van der Waals surface area contributed by atoms with E-state index >= 15 is 0 Å². The van der Waals surface area contributed by atoms with Crippen LogP contribution in [0.5, 0.6) is 0 Å². The lowest BCUT2D eigenvalue weighted by Gasteiger charge is -2.35. The highest BCUT2D eigenvalue weighted by Gasteiger charge is 2.29. The number of nitrogens with two attached hydrogens (primary N) is 1. The molecule has 112 valence electrons. The number of nitrogen functional groups attached to an aromatic ring is 1. The first-order valence-corrected chi connectivity index (χ1v) is 6.62. The quantitative estimate of drug-likeness (QED) is 0.485. The number of rotatable bonds is 3. The number of hydrazine groups is 1. The molecule has 2 aromatic rings. The van der Waals surface area contributed by atoms with E-state index in [1.807, 2.05) is 11.8 Å². The molecular formula is C11H17N9O. The van der Waals surface area contributed by atoms with E-state index in [1.54, 1.807) is 0 Å². The average Bonchev–Trinajstić information content (AvgIpc) is 3.01. The van der Waals surface area contributed by atoms with E-state index in [4.69, 9.17) is 5.84 Å². The molecule has 3 heterocycles. The summed E-state index contributed by atoms with van der Waals surface area (Å²) >= 11 is 0. The third kappa shape index (κ3) is 2.90. The Morgan fingerprint density at radius 2 is 1.95 bits per heavy atom. The van der Waals surface area contributed by atoms with Crippen LogP contribution in [0.3, 0.4) is 0 Å². The first-order chi connectivity index (χ1) is 10.1. The number of aromatic nitrogens is 6. The minimum atomic E-state index is -0.632. The second-order valence-electron chi connectivity index (χ2n) is 5.23. The summed E-state index contributed by atoms with van der Waals surface area (Å²) in [4.78, 5) is 18.6. The predicted molar refractivity (Wildman–Crippen MR) is 74.6 cm³/mol. The Bertz CT molecular complexity index is 602. The molecule has 0 aromatic carbocycles. The van der Waals surface area contributed by atoms with Crippen LogP contribution in [-0.4, -0.2) is 53.5 Å². The zero-order chi connectivity index (χ0) is 14.9. The molecule has 0 unspecified atom stereocenters. The van der Waals surface area contributed by atoms with Crippen LogP contribution >= 0.6 is 0 Å². The lowest BCUT2D eigenvalue weighted by atomic mass is 9.94. The van der Waals surface area contributed by atoms with Gasteiger partial charge in [-0.05, 0) is 19.8 Å². The lowest BCUT2D eigenvalue weighted by molar-refractivity contribution is 0.0349. The highest BCUT2D eigenvalue weighted by atomic mass is 16.3. The molecule has 1 fully saturated rings. The number of hydrogen-bond acceptors (Lipinski definition) is 9. The summed E-state index contributed by atoms with van der Waals surface area (Å²) in [6.45, 7) is 3.17. The largest absolute Gasteiger partial charge is 0.390 e. The van der Waals surface area contributed by atoms with Crippen LogP contribution < -0.4 is 16.2 Å². The van der Waals surface area contributed by atoms with Crippen molar-refractivity contribution < 1.29 is 5.11 Å². The van der Waals surface area contributed by atoms with Gasteiger partial charge in [0.05, 0.1) is 5.60 Å². The highest BCUT2D eigenvalue weighted by molar-refractivity contribution is 5.39. The Morgan fingerprint density at radius 1 is 1.24 bits per heavy atom. The number of hydrogen-bond donors (Lipinski definition) is 3. The van der Waals surface area contributed by atoms with Crippen molar-refractivity contribution in [3.8, 4) is 5.95 Å². The molecule has 0 amide bonds. The number of aliphatic hydroxyl groups is 1. The molecule has 10 heteroatoms. The Kier molecular flexibility index (Phi) is 3.39. The second kappa shape index (κ2) is 5.22. The molecule has 0 saturated carbocycles. The van der Waals surface area contributed by atoms with Crippen LogP contribution in [0.2, 0.25) is 0 Å². The third-order valence-corrected chi connectivity index (χ3v) is 3.49. The van der Waals surface area contributed by atoms with Crippen LogP contribution in [0.25, 0.3) is 5.95 Å². The molecular weight excluding hydrogens is 274 g/mol. The van der Waals surface area contributed by atoms with Gasteiger partial charge >= 0.3 is 0 Å². The maximum Gasteiger partial charge on any atom is 0.258 e. The fraction of sp³-hybridized carbons (Fsp3) is 0.545. The van der Waals surface area contributed by atoms with E-state index in [2.05, 4.69) is 30.5 Å². The normalized spacial score (nSPS) is 17.8. The minimum absolute atomic E-state index is 0.253. The minimum Gasteiger partial charge on any atom is -0.390 e. The topological polar surface area (TPSA) is 131 Å². The average molecular weight is 291 g/mol. The molecule has 1 aliphatic rings. The van der Waals surface area contributed by atoms with Crippen LogP contribution in [-0.2, 0) is 0 Å². The summed E-state index contributed by atoms with van der Waals surface area (Å²) in [6.07, 6.45) is 4.21. The van der Waals surface area contributed by atoms with Gasteiger partial charge in [0.1, 0.15) is 12.7 Å². The first-order valence-electron chi connectivity index (χ1n) is 6.62. The zero-order valence-corrected chi connectivity index (χ0v) is 11.6. The molecule has 1 saturated heterocycles. The summed E-state index contributed by atoms with van der Waals surface area (Å²) in [5, 5.41) is 14.0. The molecule has 21 heavy (non-hydrogen) atoms. The van der Waals surface area contributed by atoms with Crippen molar-refractivity contribution in [1.82, 2.24) is 29.7 Å². The van der Waals surface area contributed by atoms with Crippen LogP contribution in [0.4, 0.5) is 11.9 Å². The number of nitrogens with one attached hydrogen (secondary N) is 1. The molecule has 1 aliphatic heterocycles. The van der Waals surface area contributed by atoms with E-state index in [9.17, 15) is 5.11 Å². The van der Waals surface area contributed by atoms with Gasteiger partial charge in [-0.2, -0.15) is 24.7 Å². The van der Waals surface area contributed by atoms with Crippen molar-refractivity contribution >= 4 is 11.9 Å². The predicted octanol–water partition coefficient (Wildman–Crippen LogP) is -0.911. The van der Waals surface area contributed by atoms with Crippen LogP contribution in [0, 0.1) is 0 Å². The van der Waals surface area contributed by atoms with Crippen molar-refractivity contribution in [2.24, 2.45) is 5.84 Å². The molecule has 0 spiro atoms. The summed E-state index contributed by atoms with van der Waals surface area (Å²) in [6, 6.07) is 0. The smallest absolute Gasteiger partial charge is 0.258 e. The number of piperidine rings is 1. The van der Waals surface area contributed by atoms with E-state index in [1.165, 1.54) is 17.3 Å². The van der Waals surface area contributed by atoms with Gasteiger partial charge in [-0.3, -0.25) is 5.43 Å². The van der Waals surface area contributed by atoms with Crippen LogP contribution in [0.1, 0.15) is 19.8 Å². The SMILES string of the molecule is CC1(O)CCN(c2nc(NN)nc(-n3cncn3)n2)CC1. The fourth-order valence-electron chi connectivity index (χ4n) is 2.16. The number of nitrogens with zero attached hydrogens (tertiary/aromatic N) is 7. The van der Waals surface area contributed by atoms with Gasteiger partial charge in [0.2, 0.25) is 11.9 Å². The van der Waals surface area contributed by atoms with Crippen molar-refractivity contribution in [1.29, 1.82) is 0 Å². The van der Waals surface area contributed by atoms with Crippen LogP contribution in [0.15, 0.2) is 12.7 Å². The maximum absolute atomic E-state index is 10.0. The molecule has 2 aromatic heterocycles. The molecule has 0 bridgehead atoms. The van der Waals surface area contributed by atoms with Gasteiger partial charge in [0.25, 0.3) is 5.95 Å². The Morgan fingerprint density at radius 3 is 2.57 bits per heavy atom. The Labute approximate surface area is 121 Å². The van der Waals surface area contributed by atoms with E-state index in [0.29, 0.717) is 37.8 Å². The number of anilines is 2. The summed E-state index contributed by atoms with van der Waals surface area (Å²) in [5.74, 6) is 6.49. The van der Waals surface area contributed by atoms with Gasteiger partial charge in [-0.1, -0.05) is 0 Å². The molecule has 3 rings (SSSR count). The van der Waals surface area contributed by atoms with Gasteiger partial charge < -0.3 is 10.0 Å². The van der Waals surface area contributed by atoms with Crippen molar-refractivity contribution in [3.63, 3.8) is 0 Å². The maximum atomic E-state index is 10.0. The first kappa shape index (κ1) is 13.6. The Hall–Kier alpha value is -2.33. The lowest BCUT2D eigenvalue weighted by Crippen LogP contribution is -2.43. The summed E-state index contributed by atoms with van der Waals surface area (Å²) in [5.41, 5.74) is 1.79. The molecule has 4 N–H and O–H groups in total. The summed E-state index contributed by atoms with van der Waals surface area (Å²) in [7, 11) is 0. The summed E-state index contributed by atoms with van der Waals surface area (Å²) < 4.78 is 1.44. The third-order valence-electron chi connectivity index (χ3n) is 3.49. The van der Waals surface area contributed by atoms with Crippen molar-refractivity contribution in [2.45, 2.75) is 25.4 Å². The van der Waals surface area contributed by atoms with Gasteiger partial charge in [0, 0.05) is 13.1 Å². The molecule has 0 aliphatic carbocycles. The standard InChI is InChI=1S/C11H17N9O/c1-11(21)2-4-19(5-3-11)9-15-8(18-12)16-10(17-9)20-7-13-6-14-20/h6-7,21H,2-5,12H2,1H3,(H,15,16,17,18). The van der Waals surface area contributed by atoms with Gasteiger partial charge in [0.15, 0.2) is 0 Å². The van der Waals surface area contributed by atoms with E-state index < -0.39 is 5.60 Å². The van der Waals surface area contributed by atoms with E-state index in [0.717, 1.165) is 0 Å². The molecule has 0 radical (unpaired) electrons. The zero-order valence-electron chi connectivity index (χ0n) is 11.6. The van der Waals surface area contributed by atoms with Crippen molar-refractivity contribution in [3.05, 3.63) is 12.7 Å². The van der Waals surface area contributed by atoms with Crippen molar-refractivity contribution in [2.75, 3.05) is 23.4 Å². The highest BCUT2D eigenvalue weighted by Crippen LogP contribution is 2.24. The molecule has 0 atom stereocenters. The van der Waals surface area contributed by atoms with E-state index in [-0.39, 0.29) is 5.95 Å². The fourth-order valence-corrected chi connectivity index (χ4v) is 2.16. The molecule has 10 nitrogen and oxygen atoms in total. The Balaban J connectivity index is 1.90. The monoisotopic (exact) mass is 291 g/mol.